The molecule has 218 valence electrons. The van der Waals surface area contributed by atoms with Crippen molar-refractivity contribution in [3.63, 3.8) is 0 Å². The van der Waals surface area contributed by atoms with Crippen LogP contribution in [0.25, 0.3) is 11.1 Å². The van der Waals surface area contributed by atoms with E-state index in [9.17, 15) is 41.0 Å². The van der Waals surface area contributed by atoms with Crippen LogP contribution in [0.3, 0.4) is 0 Å². The monoisotopic (exact) mass is 579 g/mol. The molecule has 4 rings (SSSR count). The number of pyridine rings is 1. The van der Waals surface area contributed by atoms with E-state index in [2.05, 4.69) is 10.3 Å². The Morgan fingerprint density at radius 3 is 2.22 bits per heavy atom. The summed E-state index contributed by atoms with van der Waals surface area (Å²) in [7, 11) is 0. The fourth-order valence-electron chi connectivity index (χ4n) is 4.64. The SMILES string of the molecule is CC(C)(O)CNC(=O)c1cc(C(=O)N2CCC(c3cccnc3)C2)ccc1-c1cc(C(F)(F)F)cc(C(F)(F)F)c1. The molecule has 0 saturated carbocycles. The number of aromatic nitrogens is 1. The molecule has 41 heavy (non-hydrogen) atoms. The van der Waals surface area contributed by atoms with Crippen LogP contribution in [0.2, 0.25) is 0 Å². The van der Waals surface area contributed by atoms with Crippen molar-refractivity contribution >= 4 is 11.8 Å². The molecule has 0 spiro atoms. The summed E-state index contributed by atoms with van der Waals surface area (Å²) in [5.74, 6) is -1.29. The maximum absolute atomic E-state index is 13.5. The molecule has 2 heterocycles. The number of carbonyl (C=O) groups is 2. The summed E-state index contributed by atoms with van der Waals surface area (Å²) in [5, 5.41) is 12.5. The molecule has 1 atom stereocenters. The summed E-state index contributed by atoms with van der Waals surface area (Å²) in [6.07, 6.45) is -6.16. The van der Waals surface area contributed by atoms with Gasteiger partial charge in [0.1, 0.15) is 0 Å². The zero-order valence-electron chi connectivity index (χ0n) is 22.1. The number of halogens is 6. The Hall–Kier alpha value is -3.93. The number of nitrogens with zero attached hydrogens (tertiary/aromatic N) is 2. The zero-order chi connectivity index (χ0) is 30.2. The van der Waals surface area contributed by atoms with Gasteiger partial charge in [0.15, 0.2) is 0 Å². The number of benzene rings is 2. The van der Waals surface area contributed by atoms with Crippen LogP contribution in [0.5, 0.6) is 0 Å². The Morgan fingerprint density at radius 1 is 1.00 bits per heavy atom. The molecule has 1 fully saturated rings. The van der Waals surface area contributed by atoms with E-state index in [4.69, 9.17) is 0 Å². The number of aliphatic hydroxyl groups is 1. The highest BCUT2D eigenvalue weighted by atomic mass is 19.4. The Bertz CT molecular complexity index is 1400. The third-order valence-corrected chi connectivity index (χ3v) is 6.72. The van der Waals surface area contributed by atoms with Gasteiger partial charge in [0, 0.05) is 49.1 Å². The Balaban J connectivity index is 1.75. The fourth-order valence-corrected chi connectivity index (χ4v) is 4.64. The molecule has 2 aromatic carbocycles. The van der Waals surface area contributed by atoms with E-state index < -0.39 is 46.5 Å². The predicted molar refractivity (Wildman–Crippen MR) is 138 cm³/mol. The Labute approximate surface area is 232 Å². The summed E-state index contributed by atoms with van der Waals surface area (Å²) in [5.41, 5.74) is -4.49. The number of rotatable bonds is 6. The van der Waals surface area contributed by atoms with Gasteiger partial charge in [-0.15, -0.1) is 0 Å². The predicted octanol–water partition coefficient (Wildman–Crippen LogP) is 5.92. The van der Waals surface area contributed by atoms with Crippen molar-refractivity contribution in [3.8, 4) is 11.1 Å². The second-order valence-corrected chi connectivity index (χ2v) is 10.6. The van der Waals surface area contributed by atoms with Gasteiger partial charge in [-0.2, -0.15) is 26.3 Å². The molecule has 1 saturated heterocycles. The molecule has 1 unspecified atom stereocenters. The minimum Gasteiger partial charge on any atom is -0.389 e. The van der Waals surface area contributed by atoms with Crippen molar-refractivity contribution in [2.75, 3.05) is 19.6 Å². The van der Waals surface area contributed by atoms with E-state index in [1.54, 1.807) is 23.4 Å². The number of alkyl halides is 6. The Morgan fingerprint density at radius 2 is 1.66 bits per heavy atom. The number of amides is 2. The summed E-state index contributed by atoms with van der Waals surface area (Å²) in [6.45, 7) is 3.32. The number of likely N-dealkylation sites (tertiary alicyclic amines) is 1. The van der Waals surface area contributed by atoms with Crippen LogP contribution in [0.1, 0.15) is 63.6 Å². The first-order chi connectivity index (χ1) is 19.0. The largest absolute Gasteiger partial charge is 0.416 e. The van der Waals surface area contributed by atoms with Crippen molar-refractivity contribution in [3.05, 3.63) is 88.7 Å². The van der Waals surface area contributed by atoms with Crippen LogP contribution in [0.15, 0.2) is 60.9 Å². The van der Waals surface area contributed by atoms with Crippen molar-refractivity contribution in [2.45, 2.75) is 44.1 Å². The maximum Gasteiger partial charge on any atom is 0.416 e. The van der Waals surface area contributed by atoms with E-state index >= 15 is 0 Å². The van der Waals surface area contributed by atoms with Gasteiger partial charge in [-0.3, -0.25) is 14.6 Å². The minimum absolute atomic E-state index is 0.00146. The van der Waals surface area contributed by atoms with Crippen LogP contribution in [-0.4, -0.2) is 52.0 Å². The maximum atomic E-state index is 13.5. The summed E-state index contributed by atoms with van der Waals surface area (Å²) >= 11 is 0. The van der Waals surface area contributed by atoms with Gasteiger partial charge in [0.2, 0.25) is 0 Å². The molecule has 6 nitrogen and oxygen atoms in total. The average Bonchev–Trinajstić information content (AvgIpc) is 3.40. The number of hydrogen-bond acceptors (Lipinski definition) is 4. The zero-order valence-corrected chi connectivity index (χ0v) is 22.1. The van der Waals surface area contributed by atoms with E-state index in [1.807, 2.05) is 6.07 Å². The van der Waals surface area contributed by atoms with Crippen LogP contribution in [0.4, 0.5) is 26.3 Å². The first kappa shape index (κ1) is 30.0. The third kappa shape index (κ3) is 7.24. The van der Waals surface area contributed by atoms with Crippen molar-refractivity contribution in [1.29, 1.82) is 0 Å². The van der Waals surface area contributed by atoms with Gasteiger partial charge >= 0.3 is 12.4 Å². The summed E-state index contributed by atoms with van der Waals surface area (Å²) in [6, 6.07) is 8.33. The normalized spacial score (nSPS) is 16.1. The van der Waals surface area contributed by atoms with E-state index in [0.717, 1.165) is 17.7 Å². The molecule has 2 amide bonds. The molecule has 0 aliphatic carbocycles. The third-order valence-electron chi connectivity index (χ3n) is 6.72. The lowest BCUT2D eigenvalue weighted by atomic mass is 9.93. The molecule has 3 aromatic rings. The van der Waals surface area contributed by atoms with Crippen molar-refractivity contribution in [1.82, 2.24) is 15.2 Å². The van der Waals surface area contributed by atoms with Gasteiger partial charge in [-0.1, -0.05) is 12.1 Å². The molecule has 0 radical (unpaired) electrons. The molecule has 1 aromatic heterocycles. The van der Waals surface area contributed by atoms with Crippen LogP contribution in [0, 0.1) is 0 Å². The number of hydrogen-bond donors (Lipinski definition) is 2. The quantitative estimate of drug-likeness (QED) is 0.356. The first-order valence-electron chi connectivity index (χ1n) is 12.7. The van der Waals surface area contributed by atoms with Gasteiger partial charge < -0.3 is 15.3 Å². The molecule has 1 aliphatic heterocycles. The topological polar surface area (TPSA) is 82.5 Å². The molecular weight excluding hydrogens is 552 g/mol. The highest BCUT2D eigenvalue weighted by Gasteiger charge is 2.37. The minimum atomic E-state index is -5.09. The lowest BCUT2D eigenvalue weighted by Gasteiger charge is -2.21. The standard InChI is InChI=1S/C29H27F6N3O3/c1-27(2,41)16-37-25(39)24-12-17(26(40)38-9-7-19(15-38)18-4-3-8-36-14-18)5-6-23(24)20-10-21(28(30,31)32)13-22(11-20)29(33,34)35/h3-6,8,10-14,19,41H,7,9,15-16H2,1-2H3,(H,37,39). The lowest BCUT2D eigenvalue weighted by molar-refractivity contribution is -0.143. The molecule has 12 heteroatoms. The first-order valence-corrected chi connectivity index (χ1v) is 12.7. The van der Waals surface area contributed by atoms with Gasteiger partial charge in [0.25, 0.3) is 11.8 Å². The van der Waals surface area contributed by atoms with Crippen molar-refractivity contribution < 1.29 is 41.0 Å². The molecule has 0 bridgehead atoms. The highest BCUT2D eigenvalue weighted by Crippen LogP contribution is 2.39. The summed E-state index contributed by atoms with van der Waals surface area (Å²) < 4.78 is 81.2. The second-order valence-electron chi connectivity index (χ2n) is 10.6. The molecule has 1 aliphatic rings. The Kier molecular flexibility index (Phi) is 8.17. The van der Waals surface area contributed by atoms with E-state index in [0.29, 0.717) is 31.6 Å². The average molecular weight is 580 g/mol. The van der Waals surface area contributed by atoms with Crippen LogP contribution < -0.4 is 5.32 Å². The van der Waals surface area contributed by atoms with Crippen LogP contribution >= 0.6 is 0 Å². The molecule has 2 N–H and O–H groups in total. The second kappa shape index (κ2) is 11.2. The summed E-state index contributed by atoms with van der Waals surface area (Å²) in [4.78, 5) is 32.2. The van der Waals surface area contributed by atoms with Gasteiger partial charge in [-0.05, 0) is 73.4 Å². The number of nitrogens with one attached hydrogen (secondary N) is 1. The van der Waals surface area contributed by atoms with Gasteiger partial charge in [0.05, 0.1) is 16.7 Å². The highest BCUT2D eigenvalue weighted by molar-refractivity contribution is 6.04. The van der Waals surface area contributed by atoms with Crippen molar-refractivity contribution in [2.24, 2.45) is 0 Å². The van der Waals surface area contributed by atoms with Gasteiger partial charge in [-0.25, -0.2) is 0 Å². The van der Waals surface area contributed by atoms with E-state index in [1.165, 1.54) is 19.9 Å². The smallest absolute Gasteiger partial charge is 0.389 e. The number of carbonyl (C=O) groups excluding carboxylic acids is 2. The lowest BCUT2D eigenvalue weighted by Crippen LogP contribution is -2.38. The molecular formula is C29H27F6N3O3. The fraction of sp³-hybridized carbons (Fsp3) is 0.345. The van der Waals surface area contributed by atoms with E-state index in [-0.39, 0.29) is 35.2 Å². The van der Waals surface area contributed by atoms with Crippen LogP contribution in [-0.2, 0) is 12.4 Å².